The number of hydrogen-bond acceptors (Lipinski definition) is 10. The second-order valence-corrected chi connectivity index (χ2v) is 10.4. The van der Waals surface area contributed by atoms with Crippen molar-refractivity contribution in [3.05, 3.63) is 82.8 Å². The van der Waals surface area contributed by atoms with Crippen molar-refractivity contribution in [1.29, 1.82) is 0 Å². The lowest BCUT2D eigenvalue weighted by Gasteiger charge is -2.47. The fourth-order valence-corrected chi connectivity index (χ4v) is 6.55. The fraction of sp³-hybridized carbons (Fsp3) is 0.250. The molecule has 0 bridgehead atoms. The van der Waals surface area contributed by atoms with Gasteiger partial charge in [0.2, 0.25) is 5.16 Å². The first-order valence-electron chi connectivity index (χ1n) is 11.0. The summed E-state index contributed by atoms with van der Waals surface area (Å²) in [5.74, 6) is -0.318. The van der Waals surface area contributed by atoms with Gasteiger partial charge in [0.25, 0.3) is 5.91 Å². The number of tetrazole rings is 1. The average Bonchev–Trinajstić information content (AvgIpc) is 3.33. The van der Waals surface area contributed by atoms with Crippen molar-refractivity contribution in [2.24, 2.45) is 11.4 Å². The van der Waals surface area contributed by atoms with E-state index in [1.165, 1.54) is 35.5 Å². The number of ether oxygens (including phenoxy) is 1. The monoisotopic (exact) mass is 538 g/mol. The van der Waals surface area contributed by atoms with Gasteiger partial charge in [-0.3, -0.25) is 4.79 Å². The number of benzene rings is 2. The smallest absolute Gasteiger partial charge is 0.334 e. The van der Waals surface area contributed by atoms with Crippen LogP contribution in [0.15, 0.2) is 81.2 Å². The highest BCUT2D eigenvalue weighted by Gasteiger charge is 2.54. The van der Waals surface area contributed by atoms with E-state index in [2.05, 4.69) is 19.9 Å². The van der Waals surface area contributed by atoms with Crippen molar-refractivity contribution in [2.45, 2.75) is 22.7 Å². The summed E-state index contributed by atoms with van der Waals surface area (Å²) >= 11 is 4.10. The van der Waals surface area contributed by atoms with E-state index in [0.29, 0.717) is 16.6 Å². The highest BCUT2D eigenvalue weighted by molar-refractivity contribution is 8.04. The van der Waals surface area contributed by atoms with Crippen LogP contribution in [0.4, 0.5) is 0 Å². The summed E-state index contributed by atoms with van der Waals surface area (Å²) in [6.07, 6.45) is 1.19. The van der Waals surface area contributed by atoms with Crippen molar-refractivity contribution in [2.75, 3.05) is 12.0 Å². The lowest BCUT2D eigenvalue weighted by Crippen LogP contribution is -2.67. The summed E-state index contributed by atoms with van der Waals surface area (Å²) in [5.41, 5.74) is 2.91. The first-order chi connectivity index (χ1) is 17.6. The molecule has 2 aromatic carbocycles. The number of thioether (sulfide) groups is 2. The van der Waals surface area contributed by atoms with Gasteiger partial charge in [-0.15, -0.1) is 16.9 Å². The Labute approximate surface area is 220 Å². The van der Waals surface area contributed by atoms with E-state index < -0.39 is 18.1 Å². The third-order valence-corrected chi connectivity index (χ3v) is 8.33. The van der Waals surface area contributed by atoms with Crippen LogP contribution in [0.3, 0.4) is 0 Å². The number of aromatic nitrogens is 4. The van der Waals surface area contributed by atoms with Crippen LogP contribution >= 0.6 is 35.5 Å². The van der Waals surface area contributed by atoms with E-state index in [-0.39, 0.29) is 11.3 Å². The molecule has 12 heteroatoms. The number of nitrogens with zero attached hydrogens (tertiary/aromatic N) is 6. The van der Waals surface area contributed by atoms with Crippen LogP contribution < -0.4 is 0 Å². The Balaban J connectivity index is 1.45. The Morgan fingerprint density at radius 2 is 1.81 bits per heavy atom. The molecular formula is C24H22N6O3S3. The summed E-state index contributed by atoms with van der Waals surface area (Å²) in [7, 11) is 1.75. The molecule has 2 atom stereocenters. The van der Waals surface area contributed by atoms with Crippen LogP contribution in [-0.4, -0.2) is 66.1 Å². The molecule has 2 aliphatic heterocycles. The first-order valence-corrected chi connectivity index (χ1v) is 14.1. The van der Waals surface area contributed by atoms with E-state index in [4.69, 9.17) is 4.74 Å². The standard InChI is InChI=1S/C24H22N6O3S3/c1-29-24(25-27-28-29)36-14-17-13-35-22-18(26-34-2)21(31)30(22)19(17)23(32)33-20(15-9-5-3-6-10-15)16-11-7-4-8-12-16/h3-13,19-20,22H,14H2,1-2H3/t19?,22-/m1/s1. The van der Waals surface area contributed by atoms with Crippen molar-refractivity contribution in [1.82, 2.24) is 25.1 Å². The zero-order chi connectivity index (χ0) is 25.1. The molecule has 0 radical (unpaired) electrons. The summed E-state index contributed by atoms with van der Waals surface area (Å²) < 4.78 is 12.0. The predicted octanol–water partition coefficient (Wildman–Crippen LogP) is 3.52. The Hall–Kier alpha value is -3.09. The van der Waals surface area contributed by atoms with Crippen molar-refractivity contribution < 1.29 is 14.3 Å². The van der Waals surface area contributed by atoms with Crippen LogP contribution in [0.1, 0.15) is 17.2 Å². The van der Waals surface area contributed by atoms with Crippen LogP contribution in [-0.2, 0) is 21.4 Å². The van der Waals surface area contributed by atoms with Gasteiger partial charge in [0.15, 0.2) is 12.1 Å². The third kappa shape index (κ3) is 4.80. The third-order valence-electron chi connectivity index (χ3n) is 5.72. The first kappa shape index (κ1) is 24.6. The molecule has 5 rings (SSSR count). The summed E-state index contributed by atoms with van der Waals surface area (Å²) in [6.45, 7) is 0. The van der Waals surface area contributed by atoms with Gasteiger partial charge < -0.3 is 9.64 Å². The topological polar surface area (TPSA) is 103 Å². The van der Waals surface area contributed by atoms with Gasteiger partial charge in [-0.05, 0) is 44.5 Å². The number of hydrogen-bond donors (Lipinski definition) is 0. The molecule has 2 aliphatic rings. The Morgan fingerprint density at radius 3 is 2.39 bits per heavy atom. The molecule has 184 valence electrons. The maximum absolute atomic E-state index is 13.8. The van der Waals surface area contributed by atoms with Gasteiger partial charge in [0.05, 0.1) is 0 Å². The fourth-order valence-electron chi connectivity index (χ4n) is 4.00. The number of esters is 1. The zero-order valence-corrected chi connectivity index (χ0v) is 21.9. The molecule has 9 nitrogen and oxygen atoms in total. The molecule has 0 spiro atoms. The minimum atomic E-state index is -0.867. The van der Waals surface area contributed by atoms with Gasteiger partial charge in [-0.25, -0.2) is 13.9 Å². The highest BCUT2D eigenvalue weighted by Crippen LogP contribution is 2.41. The molecule has 1 aromatic heterocycles. The molecule has 1 fully saturated rings. The van der Waals surface area contributed by atoms with Gasteiger partial charge in [0, 0.05) is 19.1 Å². The molecule has 36 heavy (non-hydrogen) atoms. The number of rotatable bonds is 8. The molecule has 1 saturated heterocycles. The quantitative estimate of drug-likeness (QED) is 0.184. The maximum atomic E-state index is 13.8. The number of β-lactam (4-membered cyclic amide) rings is 1. The Kier molecular flexibility index (Phi) is 7.44. The summed E-state index contributed by atoms with van der Waals surface area (Å²) in [6, 6.07) is 18.3. The predicted molar refractivity (Wildman–Crippen MR) is 141 cm³/mol. The molecule has 0 N–H and O–H groups in total. The number of fused-ring (bicyclic) bond motifs is 1. The van der Waals surface area contributed by atoms with E-state index in [1.54, 1.807) is 22.9 Å². The Bertz CT molecular complexity index is 1280. The molecule has 0 aliphatic carbocycles. The van der Waals surface area contributed by atoms with Crippen LogP contribution in [0.25, 0.3) is 0 Å². The normalized spacial score (nSPS) is 20.2. The van der Waals surface area contributed by atoms with Gasteiger partial charge in [-0.1, -0.05) is 72.4 Å². The minimum Gasteiger partial charge on any atom is -0.451 e. The molecule has 1 unspecified atom stereocenters. The zero-order valence-electron chi connectivity index (χ0n) is 19.4. The largest absolute Gasteiger partial charge is 0.451 e. The van der Waals surface area contributed by atoms with Crippen molar-refractivity contribution in [3.63, 3.8) is 0 Å². The number of carbonyl (C=O) groups is 2. The number of aryl methyl sites for hydroxylation is 1. The molecule has 0 saturated carbocycles. The lowest BCUT2D eigenvalue weighted by molar-refractivity contribution is -0.156. The average molecular weight is 539 g/mol. The lowest BCUT2D eigenvalue weighted by atomic mass is 9.99. The second-order valence-electron chi connectivity index (χ2n) is 7.97. The number of amides is 1. The molecule has 1 amide bonds. The van der Waals surface area contributed by atoms with Crippen molar-refractivity contribution in [3.8, 4) is 0 Å². The van der Waals surface area contributed by atoms with Crippen LogP contribution in [0.5, 0.6) is 0 Å². The van der Waals surface area contributed by atoms with E-state index in [9.17, 15) is 9.59 Å². The second kappa shape index (κ2) is 10.9. The van der Waals surface area contributed by atoms with Gasteiger partial charge in [0.1, 0.15) is 11.1 Å². The highest BCUT2D eigenvalue weighted by atomic mass is 32.2. The SMILES string of the molecule is CSN=C1C(=O)N2C(C(=O)OC(c3ccccc3)c3ccccc3)C(CSc3nnnn3C)=CS[C@H]12. The van der Waals surface area contributed by atoms with Crippen LogP contribution in [0, 0.1) is 0 Å². The molecular weight excluding hydrogens is 517 g/mol. The van der Waals surface area contributed by atoms with E-state index >= 15 is 0 Å². The number of carbonyl (C=O) groups excluding carboxylic acids is 2. The maximum Gasteiger partial charge on any atom is 0.334 e. The van der Waals surface area contributed by atoms with E-state index in [0.717, 1.165) is 16.7 Å². The molecule has 3 aromatic rings. The van der Waals surface area contributed by atoms with Crippen LogP contribution in [0.2, 0.25) is 0 Å². The van der Waals surface area contributed by atoms with E-state index in [1.807, 2.05) is 66.1 Å². The van der Waals surface area contributed by atoms with Gasteiger partial charge in [-0.2, -0.15) is 0 Å². The van der Waals surface area contributed by atoms with Crippen molar-refractivity contribution >= 4 is 53.1 Å². The summed E-state index contributed by atoms with van der Waals surface area (Å²) in [5, 5.41) is 13.8. The molecule has 3 heterocycles. The minimum absolute atomic E-state index is 0.254. The van der Waals surface area contributed by atoms with Gasteiger partial charge >= 0.3 is 5.97 Å². The Morgan fingerprint density at radius 1 is 1.14 bits per heavy atom. The summed E-state index contributed by atoms with van der Waals surface area (Å²) in [4.78, 5) is 28.4.